The molecule has 0 saturated carbocycles. The van der Waals surface area contributed by atoms with Gasteiger partial charge in [0.2, 0.25) is 5.91 Å². The summed E-state index contributed by atoms with van der Waals surface area (Å²) in [5, 5.41) is 2.83. The molecule has 0 radical (unpaired) electrons. The lowest BCUT2D eigenvalue weighted by atomic mass is 9.80. The third-order valence-corrected chi connectivity index (χ3v) is 3.70. The first-order valence-electron chi connectivity index (χ1n) is 7.37. The fourth-order valence-corrected chi connectivity index (χ4v) is 2.23. The summed E-state index contributed by atoms with van der Waals surface area (Å²) in [5.74, 6) is 0.926. The predicted molar refractivity (Wildman–Crippen MR) is 87.0 cm³/mol. The van der Waals surface area contributed by atoms with E-state index < -0.39 is 0 Å². The Labute approximate surface area is 131 Å². The van der Waals surface area contributed by atoms with Gasteiger partial charge in [0.1, 0.15) is 11.6 Å². The first-order valence-corrected chi connectivity index (χ1v) is 7.37. The maximum atomic E-state index is 12.0. The highest BCUT2D eigenvalue weighted by Gasteiger charge is 2.21. The lowest BCUT2D eigenvalue weighted by molar-refractivity contribution is -0.121. The molecule has 0 bridgehead atoms. The second-order valence-electron chi connectivity index (χ2n) is 5.92. The van der Waals surface area contributed by atoms with Gasteiger partial charge in [-0.25, -0.2) is 9.97 Å². The van der Waals surface area contributed by atoms with Crippen molar-refractivity contribution in [3.8, 4) is 0 Å². The van der Waals surface area contributed by atoms with Gasteiger partial charge in [0.15, 0.2) is 0 Å². The average molecular weight is 298 g/mol. The van der Waals surface area contributed by atoms with E-state index in [1.165, 1.54) is 5.56 Å². The molecule has 0 atom stereocenters. The van der Waals surface area contributed by atoms with Crippen LogP contribution in [0.25, 0.3) is 0 Å². The Morgan fingerprint density at radius 2 is 1.95 bits per heavy atom. The molecule has 1 aromatic carbocycles. The largest absolute Gasteiger partial charge is 0.384 e. The van der Waals surface area contributed by atoms with Gasteiger partial charge in [-0.3, -0.25) is 4.79 Å². The molecular formula is C17H22N4O. The monoisotopic (exact) mass is 298 g/mol. The second-order valence-corrected chi connectivity index (χ2v) is 5.92. The van der Waals surface area contributed by atoms with E-state index in [2.05, 4.69) is 41.3 Å². The van der Waals surface area contributed by atoms with Crippen molar-refractivity contribution in [1.29, 1.82) is 0 Å². The van der Waals surface area contributed by atoms with Gasteiger partial charge >= 0.3 is 0 Å². The van der Waals surface area contributed by atoms with Crippen molar-refractivity contribution in [1.82, 2.24) is 15.3 Å². The molecule has 3 N–H and O–H groups in total. The summed E-state index contributed by atoms with van der Waals surface area (Å²) in [6.45, 7) is 4.60. The normalized spacial score (nSPS) is 11.2. The van der Waals surface area contributed by atoms with Gasteiger partial charge in [-0.2, -0.15) is 0 Å². The number of carbonyl (C=O) groups excluding carboxylic acids is 1. The highest BCUT2D eigenvalue weighted by molar-refractivity contribution is 5.75. The minimum atomic E-state index is -0.0354. The van der Waals surface area contributed by atoms with Crippen LogP contribution in [0.2, 0.25) is 0 Å². The summed E-state index contributed by atoms with van der Waals surface area (Å²) in [7, 11) is 0. The molecule has 116 valence electrons. The van der Waals surface area contributed by atoms with Crippen molar-refractivity contribution in [3.63, 3.8) is 0 Å². The summed E-state index contributed by atoms with van der Waals surface area (Å²) in [6.07, 6.45) is 2.83. The maximum absolute atomic E-state index is 12.0. The van der Waals surface area contributed by atoms with Gasteiger partial charge in [0.25, 0.3) is 0 Å². The van der Waals surface area contributed by atoms with Crippen molar-refractivity contribution in [2.24, 2.45) is 0 Å². The molecule has 5 nitrogen and oxygen atoms in total. The highest BCUT2D eigenvalue weighted by atomic mass is 16.1. The van der Waals surface area contributed by atoms with Crippen LogP contribution in [0.4, 0.5) is 5.82 Å². The molecule has 2 aromatic rings. The molecule has 1 aromatic heterocycles. The molecule has 1 heterocycles. The third kappa shape index (κ3) is 4.55. The minimum Gasteiger partial charge on any atom is -0.384 e. The molecule has 0 spiro atoms. The van der Waals surface area contributed by atoms with E-state index in [1.807, 2.05) is 18.2 Å². The molecule has 1 amide bonds. The van der Waals surface area contributed by atoms with Gasteiger partial charge in [-0.1, -0.05) is 44.2 Å². The number of carbonyl (C=O) groups is 1. The van der Waals surface area contributed by atoms with E-state index in [4.69, 9.17) is 5.73 Å². The number of anilines is 1. The van der Waals surface area contributed by atoms with Crippen LogP contribution in [0, 0.1) is 0 Å². The fourth-order valence-electron chi connectivity index (χ4n) is 2.23. The Bertz CT molecular complexity index is 626. The number of rotatable bonds is 6. The van der Waals surface area contributed by atoms with Gasteiger partial charge < -0.3 is 11.1 Å². The van der Waals surface area contributed by atoms with Crippen molar-refractivity contribution in [2.45, 2.75) is 38.6 Å². The summed E-state index contributed by atoms with van der Waals surface area (Å²) < 4.78 is 0. The van der Waals surface area contributed by atoms with Crippen LogP contribution >= 0.6 is 0 Å². The Kier molecular flexibility index (Phi) is 5.09. The first-order chi connectivity index (χ1) is 10.5. The molecule has 0 aliphatic rings. The summed E-state index contributed by atoms with van der Waals surface area (Å²) >= 11 is 0. The number of amides is 1. The quantitative estimate of drug-likeness (QED) is 0.858. The van der Waals surface area contributed by atoms with Crippen LogP contribution in [0.3, 0.4) is 0 Å². The molecular weight excluding hydrogens is 276 g/mol. The van der Waals surface area contributed by atoms with Crippen molar-refractivity contribution in [2.75, 3.05) is 5.73 Å². The number of nitrogens with two attached hydrogens (primary N) is 1. The minimum absolute atomic E-state index is 0.00460. The number of benzene rings is 1. The van der Waals surface area contributed by atoms with E-state index in [0.29, 0.717) is 24.6 Å². The number of hydrogen-bond acceptors (Lipinski definition) is 4. The van der Waals surface area contributed by atoms with E-state index in [-0.39, 0.29) is 11.3 Å². The topological polar surface area (TPSA) is 80.9 Å². The average Bonchev–Trinajstić information content (AvgIpc) is 2.52. The van der Waals surface area contributed by atoms with E-state index in [0.717, 1.165) is 6.42 Å². The van der Waals surface area contributed by atoms with Gasteiger partial charge in [-0.15, -0.1) is 0 Å². The fraction of sp³-hybridized carbons (Fsp3) is 0.353. The van der Waals surface area contributed by atoms with Crippen molar-refractivity contribution >= 4 is 11.7 Å². The van der Waals surface area contributed by atoms with Crippen LogP contribution < -0.4 is 11.1 Å². The van der Waals surface area contributed by atoms with E-state index in [9.17, 15) is 4.79 Å². The summed E-state index contributed by atoms with van der Waals surface area (Å²) in [5.41, 5.74) is 6.78. The molecule has 0 aliphatic carbocycles. The predicted octanol–water partition coefficient (Wildman–Crippen LogP) is 2.43. The number of hydrogen-bond donors (Lipinski definition) is 2. The van der Waals surface area contributed by atoms with Gasteiger partial charge in [0.05, 0.1) is 6.54 Å². The number of nitrogens with zero attached hydrogens (tertiary/aromatic N) is 2. The highest BCUT2D eigenvalue weighted by Crippen LogP contribution is 2.27. The molecule has 0 unspecified atom stereocenters. The number of aromatic nitrogens is 2. The van der Waals surface area contributed by atoms with Crippen LogP contribution in [-0.2, 0) is 16.8 Å². The SMILES string of the molecule is CC(C)(CCC(=O)NCc1nccc(N)n1)c1ccccc1. The number of nitrogen functional groups attached to an aromatic ring is 1. The Morgan fingerprint density at radius 3 is 2.64 bits per heavy atom. The van der Waals surface area contributed by atoms with Gasteiger partial charge in [0, 0.05) is 12.6 Å². The van der Waals surface area contributed by atoms with E-state index >= 15 is 0 Å². The smallest absolute Gasteiger partial charge is 0.220 e. The molecule has 5 heteroatoms. The van der Waals surface area contributed by atoms with Gasteiger partial charge in [-0.05, 0) is 23.5 Å². The Hall–Kier alpha value is -2.43. The van der Waals surface area contributed by atoms with Crippen LogP contribution in [-0.4, -0.2) is 15.9 Å². The lowest BCUT2D eigenvalue weighted by Crippen LogP contribution is -2.27. The Morgan fingerprint density at radius 1 is 1.23 bits per heavy atom. The number of nitrogens with one attached hydrogen (secondary N) is 1. The standard InChI is InChI=1S/C17H22N4O/c1-17(2,13-6-4-3-5-7-13)10-8-16(22)20-12-15-19-11-9-14(18)21-15/h3-7,9,11H,8,10,12H2,1-2H3,(H,20,22)(H2,18,19,21). The maximum Gasteiger partial charge on any atom is 0.220 e. The molecule has 0 fully saturated rings. The van der Waals surface area contributed by atoms with Crippen LogP contribution in [0.15, 0.2) is 42.6 Å². The molecule has 2 rings (SSSR count). The van der Waals surface area contributed by atoms with Crippen LogP contribution in [0.5, 0.6) is 0 Å². The molecule has 0 aliphatic heterocycles. The molecule has 0 saturated heterocycles. The zero-order valence-electron chi connectivity index (χ0n) is 13.0. The summed E-state index contributed by atoms with van der Waals surface area (Å²) in [4.78, 5) is 20.1. The Balaban J connectivity index is 1.82. The van der Waals surface area contributed by atoms with E-state index in [1.54, 1.807) is 12.3 Å². The zero-order valence-corrected chi connectivity index (χ0v) is 13.0. The third-order valence-electron chi connectivity index (χ3n) is 3.70. The van der Waals surface area contributed by atoms with Crippen molar-refractivity contribution in [3.05, 3.63) is 54.0 Å². The molecule has 22 heavy (non-hydrogen) atoms. The zero-order chi connectivity index (χ0) is 16.0. The summed E-state index contributed by atoms with van der Waals surface area (Å²) in [6, 6.07) is 11.9. The van der Waals surface area contributed by atoms with Crippen LogP contribution in [0.1, 0.15) is 38.1 Å². The lowest BCUT2D eigenvalue weighted by Gasteiger charge is -2.25. The van der Waals surface area contributed by atoms with Crippen molar-refractivity contribution < 1.29 is 4.79 Å². The second kappa shape index (κ2) is 7.02. The first kappa shape index (κ1) is 15.9.